The van der Waals surface area contributed by atoms with Crippen molar-refractivity contribution in [3.05, 3.63) is 0 Å². The number of carboxylic acid groups (broad SMARTS) is 2. The summed E-state index contributed by atoms with van der Waals surface area (Å²) in [4.78, 5) is 26.0. The Morgan fingerprint density at radius 3 is 2.20 bits per heavy atom. The molecule has 0 radical (unpaired) electrons. The van der Waals surface area contributed by atoms with Gasteiger partial charge in [-0.05, 0) is 27.2 Å². The van der Waals surface area contributed by atoms with E-state index in [9.17, 15) is 9.59 Å². The SMILES string of the molecule is CC(C)(C)ON[C@@H](CCC(=O)O)C(=O)O. The largest absolute Gasteiger partial charge is 0.481 e. The van der Waals surface area contributed by atoms with Crippen LogP contribution in [0.2, 0.25) is 0 Å². The van der Waals surface area contributed by atoms with E-state index < -0.39 is 23.6 Å². The van der Waals surface area contributed by atoms with E-state index in [1.807, 2.05) is 0 Å². The van der Waals surface area contributed by atoms with Crippen LogP contribution in [0.25, 0.3) is 0 Å². The lowest BCUT2D eigenvalue weighted by Gasteiger charge is -2.22. The molecule has 0 heterocycles. The van der Waals surface area contributed by atoms with E-state index in [0.717, 1.165) is 0 Å². The third-order valence-corrected chi connectivity index (χ3v) is 1.45. The molecule has 0 unspecified atom stereocenters. The summed E-state index contributed by atoms with van der Waals surface area (Å²) in [5.41, 5.74) is 1.83. The molecule has 15 heavy (non-hydrogen) atoms. The summed E-state index contributed by atoms with van der Waals surface area (Å²) in [6.07, 6.45) is -0.224. The van der Waals surface area contributed by atoms with Gasteiger partial charge < -0.3 is 10.2 Å². The Hall–Kier alpha value is -1.14. The molecule has 88 valence electrons. The number of nitrogens with one attached hydrogen (secondary N) is 1. The van der Waals surface area contributed by atoms with Crippen LogP contribution < -0.4 is 5.48 Å². The highest BCUT2D eigenvalue weighted by atomic mass is 16.7. The maximum Gasteiger partial charge on any atom is 0.323 e. The zero-order chi connectivity index (χ0) is 12.1. The van der Waals surface area contributed by atoms with Crippen LogP contribution in [0.4, 0.5) is 0 Å². The van der Waals surface area contributed by atoms with Crippen molar-refractivity contribution in [3.8, 4) is 0 Å². The van der Waals surface area contributed by atoms with Gasteiger partial charge in [-0.3, -0.25) is 14.4 Å². The zero-order valence-electron chi connectivity index (χ0n) is 9.11. The molecule has 0 spiro atoms. The van der Waals surface area contributed by atoms with Gasteiger partial charge in [-0.25, -0.2) is 0 Å². The molecule has 0 saturated heterocycles. The second kappa shape index (κ2) is 5.67. The predicted molar refractivity (Wildman–Crippen MR) is 52.3 cm³/mol. The molecule has 0 aromatic rings. The number of carbonyl (C=O) groups is 2. The molecule has 0 rings (SSSR count). The molecule has 0 bridgehead atoms. The third kappa shape index (κ3) is 7.90. The molecular weight excluding hydrogens is 202 g/mol. The molecule has 0 aromatic heterocycles. The van der Waals surface area contributed by atoms with E-state index in [0.29, 0.717) is 0 Å². The minimum atomic E-state index is -1.12. The quantitative estimate of drug-likeness (QED) is 0.567. The number of hydrogen-bond acceptors (Lipinski definition) is 4. The van der Waals surface area contributed by atoms with Crippen LogP contribution in [-0.4, -0.2) is 33.8 Å². The molecular formula is C9H17NO5. The molecule has 0 aliphatic carbocycles. The Balaban J connectivity index is 4.06. The van der Waals surface area contributed by atoms with Gasteiger partial charge in [0.15, 0.2) is 0 Å². The first-order valence-corrected chi connectivity index (χ1v) is 4.60. The number of carboxylic acids is 2. The van der Waals surface area contributed by atoms with E-state index in [1.165, 1.54) is 0 Å². The number of hydrogen-bond donors (Lipinski definition) is 3. The normalized spacial score (nSPS) is 13.5. The van der Waals surface area contributed by atoms with Gasteiger partial charge in [-0.2, -0.15) is 5.48 Å². The number of aliphatic carboxylic acids is 2. The van der Waals surface area contributed by atoms with Gasteiger partial charge in [0.2, 0.25) is 0 Å². The molecule has 6 heteroatoms. The second-order valence-electron chi connectivity index (χ2n) is 4.16. The summed E-state index contributed by atoms with van der Waals surface area (Å²) in [5, 5.41) is 17.2. The highest BCUT2D eigenvalue weighted by Crippen LogP contribution is 2.06. The molecule has 1 atom stereocenters. The van der Waals surface area contributed by atoms with Crippen molar-refractivity contribution in [2.24, 2.45) is 0 Å². The smallest absolute Gasteiger partial charge is 0.323 e. The average Bonchev–Trinajstić information content (AvgIpc) is 2.00. The van der Waals surface area contributed by atoms with Gasteiger partial charge in [0.25, 0.3) is 0 Å². The van der Waals surface area contributed by atoms with Crippen LogP contribution in [-0.2, 0) is 14.4 Å². The van der Waals surface area contributed by atoms with Crippen molar-refractivity contribution < 1.29 is 24.6 Å². The lowest BCUT2D eigenvalue weighted by atomic mass is 10.1. The fourth-order valence-electron chi connectivity index (χ4n) is 0.749. The predicted octanol–water partition coefficient (Wildman–Crippen LogP) is 0.624. The van der Waals surface area contributed by atoms with Crippen molar-refractivity contribution in [2.75, 3.05) is 0 Å². The Labute approximate surface area is 88.2 Å². The van der Waals surface area contributed by atoms with Crippen LogP contribution >= 0.6 is 0 Å². The van der Waals surface area contributed by atoms with Crippen LogP contribution in [0, 0.1) is 0 Å². The summed E-state index contributed by atoms with van der Waals surface area (Å²) < 4.78 is 0. The molecule has 0 aliphatic heterocycles. The molecule has 0 amide bonds. The topological polar surface area (TPSA) is 95.9 Å². The van der Waals surface area contributed by atoms with Crippen molar-refractivity contribution in [1.29, 1.82) is 0 Å². The lowest BCUT2D eigenvalue weighted by Crippen LogP contribution is -2.41. The van der Waals surface area contributed by atoms with Crippen molar-refractivity contribution in [1.82, 2.24) is 5.48 Å². The summed E-state index contributed by atoms with van der Waals surface area (Å²) in [7, 11) is 0. The Morgan fingerprint density at radius 2 is 1.87 bits per heavy atom. The van der Waals surface area contributed by atoms with Gasteiger partial charge in [0, 0.05) is 6.42 Å². The summed E-state index contributed by atoms with van der Waals surface area (Å²) in [5.74, 6) is -2.15. The average molecular weight is 219 g/mol. The Bertz CT molecular complexity index is 233. The number of rotatable bonds is 6. The molecule has 0 aromatic carbocycles. The standard InChI is InChI=1S/C9H17NO5/c1-9(2,3)15-10-6(8(13)14)4-5-7(11)12/h6,10H,4-5H2,1-3H3,(H,11,12)(H,13,14)/t6-/m0/s1. The maximum absolute atomic E-state index is 10.7. The van der Waals surface area contributed by atoms with Gasteiger partial charge in [-0.1, -0.05) is 0 Å². The van der Waals surface area contributed by atoms with Crippen molar-refractivity contribution in [2.45, 2.75) is 45.3 Å². The van der Waals surface area contributed by atoms with Gasteiger partial charge in [-0.15, -0.1) is 0 Å². The Morgan fingerprint density at radius 1 is 1.33 bits per heavy atom. The zero-order valence-corrected chi connectivity index (χ0v) is 9.11. The minimum Gasteiger partial charge on any atom is -0.481 e. The molecule has 0 fully saturated rings. The molecule has 3 N–H and O–H groups in total. The third-order valence-electron chi connectivity index (χ3n) is 1.45. The van der Waals surface area contributed by atoms with E-state index in [2.05, 4.69) is 5.48 Å². The summed E-state index contributed by atoms with van der Waals surface area (Å²) in [6.45, 7) is 5.28. The van der Waals surface area contributed by atoms with E-state index in [-0.39, 0.29) is 12.8 Å². The Kier molecular flexibility index (Phi) is 5.24. The van der Waals surface area contributed by atoms with Crippen LogP contribution in [0.15, 0.2) is 0 Å². The van der Waals surface area contributed by atoms with Crippen LogP contribution in [0.5, 0.6) is 0 Å². The van der Waals surface area contributed by atoms with Gasteiger partial charge in [0.1, 0.15) is 6.04 Å². The lowest BCUT2D eigenvalue weighted by molar-refractivity contribution is -0.151. The van der Waals surface area contributed by atoms with E-state index >= 15 is 0 Å². The van der Waals surface area contributed by atoms with Gasteiger partial charge >= 0.3 is 11.9 Å². The first-order chi connectivity index (χ1) is 6.72. The summed E-state index contributed by atoms with van der Waals surface area (Å²) >= 11 is 0. The molecule has 6 nitrogen and oxygen atoms in total. The fourth-order valence-corrected chi connectivity index (χ4v) is 0.749. The monoisotopic (exact) mass is 219 g/mol. The summed E-state index contributed by atoms with van der Waals surface area (Å²) in [6, 6.07) is -1.000. The van der Waals surface area contributed by atoms with E-state index in [4.69, 9.17) is 15.1 Å². The first-order valence-electron chi connectivity index (χ1n) is 4.60. The minimum absolute atomic E-state index is 0.0131. The van der Waals surface area contributed by atoms with Crippen molar-refractivity contribution in [3.63, 3.8) is 0 Å². The van der Waals surface area contributed by atoms with E-state index in [1.54, 1.807) is 20.8 Å². The van der Waals surface area contributed by atoms with Gasteiger partial charge in [0.05, 0.1) is 5.60 Å². The fraction of sp³-hybridized carbons (Fsp3) is 0.778. The van der Waals surface area contributed by atoms with Crippen LogP contribution in [0.1, 0.15) is 33.6 Å². The highest BCUT2D eigenvalue weighted by Gasteiger charge is 2.21. The molecule has 0 aliphatic rings. The second-order valence-corrected chi connectivity index (χ2v) is 4.16. The first kappa shape index (κ1) is 13.9. The molecule has 0 saturated carbocycles. The number of hydroxylamine groups is 1. The highest BCUT2D eigenvalue weighted by molar-refractivity contribution is 5.74. The maximum atomic E-state index is 10.7. The van der Waals surface area contributed by atoms with Crippen LogP contribution in [0.3, 0.4) is 0 Å². The van der Waals surface area contributed by atoms with Crippen molar-refractivity contribution >= 4 is 11.9 Å².